The molecule has 0 spiro atoms. The molecule has 27 heavy (non-hydrogen) atoms. The second-order valence-corrected chi connectivity index (χ2v) is 10.2. The molecule has 142 valence electrons. The fraction of sp³-hybridized carbons (Fsp3) is 0.481. The van der Waals surface area contributed by atoms with Gasteiger partial charge in [-0.05, 0) is 64.3 Å². The summed E-state index contributed by atoms with van der Waals surface area (Å²) < 4.78 is 0. The lowest BCUT2D eigenvalue weighted by molar-refractivity contribution is 0.214. The average Bonchev–Trinajstić information content (AvgIpc) is 3.03. The molecule has 0 saturated heterocycles. The molecule has 0 aromatic heterocycles. The second-order valence-electron chi connectivity index (χ2n) is 10.2. The van der Waals surface area contributed by atoms with Crippen molar-refractivity contribution in [1.82, 2.24) is 0 Å². The number of hydrogen-bond donors (Lipinski definition) is 0. The smallest absolute Gasteiger partial charge is 0.00574 e. The number of hydrogen-bond acceptors (Lipinski definition) is 0. The van der Waals surface area contributed by atoms with Crippen molar-refractivity contribution in [3.8, 4) is 11.1 Å². The summed E-state index contributed by atoms with van der Waals surface area (Å²) in [6.45, 7) is 9.48. The van der Waals surface area contributed by atoms with Crippen molar-refractivity contribution in [2.45, 2.75) is 78.1 Å². The van der Waals surface area contributed by atoms with Crippen LogP contribution in [0.15, 0.2) is 48.0 Å². The van der Waals surface area contributed by atoms with Crippen molar-refractivity contribution in [1.29, 1.82) is 0 Å². The highest BCUT2D eigenvalue weighted by atomic mass is 14.3. The first kappa shape index (κ1) is 18.5. The Morgan fingerprint density at radius 3 is 2.30 bits per heavy atom. The van der Waals surface area contributed by atoms with Crippen LogP contribution in [-0.4, -0.2) is 0 Å². The van der Waals surface area contributed by atoms with Crippen LogP contribution in [0.25, 0.3) is 17.2 Å². The van der Waals surface area contributed by atoms with E-state index in [1.165, 1.54) is 66.3 Å². The van der Waals surface area contributed by atoms with Gasteiger partial charge in [0.15, 0.2) is 0 Å². The van der Waals surface area contributed by atoms with Crippen LogP contribution in [0.4, 0.5) is 0 Å². The lowest BCUT2D eigenvalue weighted by atomic mass is 9.71. The maximum absolute atomic E-state index is 2.53. The molecule has 1 fully saturated rings. The molecule has 0 amide bonds. The average molecular weight is 359 g/mol. The molecule has 2 aliphatic carbocycles. The Balaban J connectivity index is 1.71. The van der Waals surface area contributed by atoms with E-state index in [4.69, 9.17) is 0 Å². The number of allylic oxidation sites excluding steroid dienone is 1. The van der Waals surface area contributed by atoms with Crippen LogP contribution < -0.4 is 0 Å². The monoisotopic (exact) mass is 358 g/mol. The molecular formula is C27H34. The van der Waals surface area contributed by atoms with Crippen LogP contribution in [0, 0.1) is 5.41 Å². The minimum Gasteiger partial charge on any atom is -0.0646 e. The van der Waals surface area contributed by atoms with Gasteiger partial charge in [-0.25, -0.2) is 0 Å². The van der Waals surface area contributed by atoms with Crippen LogP contribution in [0.1, 0.15) is 82.9 Å². The lowest BCUT2D eigenvalue weighted by Gasteiger charge is -2.34. The molecule has 0 radical (unpaired) electrons. The van der Waals surface area contributed by atoms with E-state index in [0.29, 0.717) is 5.41 Å². The molecule has 4 rings (SSSR count). The molecule has 2 aromatic carbocycles. The lowest BCUT2D eigenvalue weighted by Crippen LogP contribution is -2.20. The van der Waals surface area contributed by atoms with Gasteiger partial charge in [0.2, 0.25) is 0 Å². The van der Waals surface area contributed by atoms with E-state index in [-0.39, 0.29) is 5.41 Å². The zero-order valence-electron chi connectivity index (χ0n) is 17.6. The minimum absolute atomic E-state index is 0.153. The maximum atomic E-state index is 2.53. The third-order valence-corrected chi connectivity index (χ3v) is 6.70. The predicted octanol–water partition coefficient (Wildman–Crippen LogP) is 7.95. The molecule has 0 nitrogen and oxygen atoms in total. The zero-order chi connectivity index (χ0) is 19.1. The summed E-state index contributed by atoms with van der Waals surface area (Å²) in [6, 6.07) is 15.9. The van der Waals surface area contributed by atoms with E-state index in [2.05, 4.69) is 76.2 Å². The Morgan fingerprint density at radius 1 is 0.852 bits per heavy atom. The number of fused-ring (bicyclic) bond motifs is 1. The van der Waals surface area contributed by atoms with Gasteiger partial charge in [0, 0.05) is 0 Å². The Kier molecular flexibility index (Phi) is 4.78. The van der Waals surface area contributed by atoms with Crippen molar-refractivity contribution in [2.75, 3.05) is 0 Å². The summed E-state index contributed by atoms with van der Waals surface area (Å²) >= 11 is 0. The Bertz CT molecular complexity index is 854. The van der Waals surface area contributed by atoms with Gasteiger partial charge in [-0.1, -0.05) is 101 Å². The molecule has 2 aliphatic rings. The van der Waals surface area contributed by atoms with E-state index in [0.717, 1.165) is 6.42 Å². The highest BCUT2D eigenvalue weighted by Gasteiger charge is 2.30. The van der Waals surface area contributed by atoms with E-state index in [9.17, 15) is 0 Å². The Labute approximate surface area is 165 Å². The summed E-state index contributed by atoms with van der Waals surface area (Å²) in [5.74, 6) is 0. The Hall–Kier alpha value is -1.82. The van der Waals surface area contributed by atoms with Gasteiger partial charge < -0.3 is 0 Å². The highest BCUT2D eigenvalue weighted by Crippen LogP contribution is 2.45. The van der Waals surface area contributed by atoms with Crippen molar-refractivity contribution < 1.29 is 0 Å². The maximum Gasteiger partial charge on any atom is -0.00574 e. The highest BCUT2D eigenvalue weighted by molar-refractivity contribution is 5.82. The minimum atomic E-state index is 0.153. The van der Waals surface area contributed by atoms with Gasteiger partial charge >= 0.3 is 0 Å². The fourth-order valence-electron chi connectivity index (χ4n) is 5.29. The van der Waals surface area contributed by atoms with E-state index >= 15 is 0 Å². The van der Waals surface area contributed by atoms with Crippen LogP contribution in [-0.2, 0) is 11.8 Å². The summed E-state index contributed by atoms with van der Waals surface area (Å²) in [7, 11) is 0. The normalized spacial score (nSPS) is 18.9. The van der Waals surface area contributed by atoms with Crippen LogP contribution in [0.3, 0.4) is 0 Å². The SMILES string of the molecule is CC1(CC2=Cc3c(cccc3-c3ccccc3C(C)(C)C)C2)CCCCC1. The Morgan fingerprint density at radius 2 is 1.56 bits per heavy atom. The topological polar surface area (TPSA) is 0 Å². The van der Waals surface area contributed by atoms with E-state index < -0.39 is 0 Å². The van der Waals surface area contributed by atoms with Gasteiger partial charge in [0.05, 0.1) is 0 Å². The quantitative estimate of drug-likeness (QED) is 0.522. The van der Waals surface area contributed by atoms with Gasteiger partial charge in [-0.2, -0.15) is 0 Å². The first-order valence-corrected chi connectivity index (χ1v) is 10.8. The molecule has 0 aliphatic heterocycles. The molecule has 0 heterocycles. The largest absolute Gasteiger partial charge is 0.0646 e. The van der Waals surface area contributed by atoms with Crippen molar-refractivity contribution >= 4 is 6.08 Å². The third kappa shape index (κ3) is 3.77. The predicted molar refractivity (Wildman–Crippen MR) is 118 cm³/mol. The summed E-state index contributed by atoms with van der Waals surface area (Å²) in [5.41, 5.74) is 9.59. The summed E-state index contributed by atoms with van der Waals surface area (Å²) in [4.78, 5) is 0. The standard InChI is InChI=1S/C27H34/c1-26(2,3)25-14-7-6-12-23(25)22-13-10-11-21-17-20(18-24(21)22)19-27(4)15-8-5-9-16-27/h6-7,10-14,18H,5,8-9,15-17,19H2,1-4H3. The third-order valence-electron chi connectivity index (χ3n) is 6.70. The van der Waals surface area contributed by atoms with Crippen molar-refractivity contribution in [2.24, 2.45) is 5.41 Å². The number of benzene rings is 2. The van der Waals surface area contributed by atoms with Crippen LogP contribution in [0.5, 0.6) is 0 Å². The first-order valence-electron chi connectivity index (χ1n) is 10.8. The molecule has 0 heteroatoms. The molecule has 0 unspecified atom stereocenters. The van der Waals surface area contributed by atoms with Gasteiger partial charge in [-0.3, -0.25) is 0 Å². The van der Waals surface area contributed by atoms with E-state index in [1.54, 1.807) is 5.57 Å². The number of rotatable bonds is 3. The summed E-state index contributed by atoms with van der Waals surface area (Å²) in [6.07, 6.45) is 12.0. The molecule has 0 N–H and O–H groups in total. The molecule has 2 aromatic rings. The molecule has 0 atom stereocenters. The fourth-order valence-corrected chi connectivity index (χ4v) is 5.29. The molecule has 1 saturated carbocycles. The van der Waals surface area contributed by atoms with Crippen LogP contribution in [0.2, 0.25) is 0 Å². The van der Waals surface area contributed by atoms with Gasteiger partial charge in [0.1, 0.15) is 0 Å². The van der Waals surface area contributed by atoms with Crippen molar-refractivity contribution in [3.63, 3.8) is 0 Å². The van der Waals surface area contributed by atoms with E-state index in [1.807, 2.05) is 0 Å². The van der Waals surface area contributed by atoms with Crippen LogP contribution >= 0.6 is 0 Å². The molecule has 0 bridgehead atoms. The first-order chi connectivity index (χ1) is 12.9. The molecular weight excluding hydrogens is 324 g/mol. The zero-order valence-corrected chi connectivity index (χ0v) is 17.6. The van der Waals surface area contributed by atoms with Crippen molar-refractivity contribution in [3.05, 3.63) is 64.7 Å². The van der Waals surface area contributed by atoms with Gasteiger partial charge in [-0.15, -0.1) is 0 Å². The van der Waals surface area contributed by atoms with Gasteiger partial charge in [0.25, 0.3) is 0 Å². The second kappa shape index (κ2) is 6.97. The summed E-state index contributed by atoms with van der Waals surface area (Å²) in [5, 5.41) is 0.